The molecular formula is C7H10N2O. The third kappa shape index (κ3) is 0.781. The lowest BCUT2D eigenvalue weighted by atomic mass is 10.2. The molecule has 0 aliphatic carbocycles. The Kier molecular flexibility index (Phi) is 1.16. The monoisotopic (exact) mass is 138 g/mol. The Labute approximate surface area is 59.6 Å². The molecule has 3 nitrogen and oxygen atoms in total. The van der Waals surface area contributed by atoms with Crippen LogP contribution < -0.4 is 4.74 Å². The number of hydrogen-bond acceptors (Lipinski definition) is 2. The molecule has 0 fully saturated rings. The first kappa shape index (κ1) is 5.77. The van der Waals surface area contributed by atoms with Gasteiger partial charge in [-0.2, -0.15) is 5.10 Å². The van der Waals surface area contributed by atoms with Crippen LogP contribution in [-0.4, -0.2) is 16.4 Å². The zero-order valence-corrected chi connectivity index (χ0v) is 5.95. The maximum atomic E-state index is 5.38. The van der Waals surface area contributed by atoms with E-state index in [1.54, 1.807) is 6.20 Å². The molecule has 0 amide bonds. The van der Waals surface area contributed by atoms with E-state index in [2.05, 4.69) is 12.0 Å². The molecular weight excluding hydrogens is 128 g/mol. The smallest absolute Gasteiger partial charge is 0.211 e. The zero-order valence-electron chi connectivity index (χ0n) is 5.95. The van der Waals surface area contributed by atoms with Gasteiger partial charge in [0.05, 0.1) is 19.3 Å². The van der Waals surface area contributed by atoms with Crippen molar-refractivity contribution in [3.8, 4) is 5.88 Å². The molecule has 3 heteroatoms. The minimum Gasteiger partial charge on any atom is -0.477 e. The van der Waals surface area contributed by atoms with Gasteiger partial charge < -0.3 is 4.74 Å². The summed E-state index contributed by atoms with van der Waals surface area (Å²) in [5.41, 5.74) is 0. The molecule has 1 aromatic rings. The molecule has 0 saturated carbocycles. The first-order valence-electron chi connectivity index (χ1n) is 3.51. The van der Waals surface area contributed by atoms with Crippen molar-refractivity contribution in [2.24, 2.45) is 5.92 Å². The van der Waals surface area contributed by atoms with Gasteiger partial charge in [0, 0.05) is 12.0 Å². The number of ether oxygens (including phenoxy) is 1. The topological polar surface area (TPSA) is 27.1 Å². The van der Waals surface area contributed by atoms with E-state index in [1.807, 2.05) is 10.7 Å². The molecule has 0 aromatic carbocycles. The van der Waals surface area contributed by atoms with Gasteiger partial charge in [0.2, 0.25) is 5.88 Å². The molecule has 54 valence electrons. The molecule has 0 saturated heterocycles. The van der Waals surface area contributed by atoms with Crippen molar-refractivity contribution in [2.45, 2.75) is 13.5 Å². The van der Waals surface area contributed by atoms with E-state index in [-0.39, 0.29) is 0 Å². The fraction of sp³-hybridized carbons (Fsp3) is 0.571. The second kappa shape index (κ2) is 2.01. The van der Waals surface area contributed by atoms with Crippen LogP contribution in [0, 0.1) is 5.92 Å². The molecule has 1 atom stereocenters. The maximum Gasteiger partial charge on any atom is 0.211 e. The summed E-state index contributed by atoms with van der Waals surface area (Å²) in [6.07, 6.45) is 1.77. The van der Waals surface area contributed by atoms with Crippen LogP contribution in [0.25, 0.3) is 0 Å². The van der Waals surface area contributed by atoms with E-state index in [0.717, 1.165) is 19.0 Å². The van der Waals surface area contributed by atoms with Gasteiger partial charge in [0.25, 0.3) is 0 Å². The van der Waals surface area contributed by atoms with Gasteiger partial charge >= 0.3 is 0 Å². The molecule has 2 rings (SSSR count). The van der Waals surface area contributed by atoms with Crippen LogP contribution in [0.3, 0.4) is 0 Å². The summed E-state index contributed by atoms with van der Waals surface area (Å²) in [6, 6.07) is 1.89. The summed E-state index contributed by atoms with van der Waals surface area (Å²) >= 11 is 0. The molecule has 0 spiro atoms. The van der Waals surface area contributed by atoms with Crippen LogP contribution in [0.4, 0.5) is 0 Å². The van der Waals surface area contributed by atoms with Gasteiger partial charge in [-0.1, -0.05) is 6.92 Å². The Hall–Kier alpha value is -0.990. The van der Waals surface area contributed by atoms with Crippen molar-refractivity contribution in [3.05, 3.63) is 12.3 Å². The predicted octanol–water partition coefficient (Wildman–Crippen LogP) is 0.912. The quantitative estimate of drug-likeness (QED) is 0.533. The SMILES string of the molecule is C[C@@H]1COc2ccnn2C1. The molecule has 10 heavy (non-hydrogen) atoms. The van der Waals surface area contributed by atoms with Crippen molar-refractivity contribution in [2.75, 3.05) is 6.61 Å². The normalized spacial score (nSPS) is 23.5. The Morgan fingerprint density at radius 1 is 1.80 bits per heavy atom. The standard InChI is InChI=1S/C7H10N2O/c1-6-4-9-7(10-5-6)2-3-8-9/h2-3,6H,4-5H2,1H3/t6-/m0/s1. The van der Waals surface area contributed by atoms with Gasteiger partial charge in [0.15, 0.2) is 0 Å². The Bertz CT molecular complexity index is 231. The molecule has 2 heterocycles. The highest BCUT2D eigenvalue weighted by molar-refractivity contribution is 5.09. The first-order valence-corrected chi connectivity index (χ1v) is 3.51. The van der Waals surface area contributed by atoms with Gasteiger partial charge in [-0.25, -0.2) is 4.68 Å². The fourth-order valence-corrected chi connectivity index (χ4v) is 1.16. The second-order valence-corrected chi connectivity index (χ2v) is 2.77. The zero-order chi connectivity index (χ0) is 6.97. The van der Waals surface area contributed by atoms with E-state index in [0.29, 0.717) is 5.92 Å². The Morgan fingerprint density at radius 2 is 2.70 bits per heavy atom. The van der Waals surface area contributed by atoms with Crippen molar-refractivity contribution >= 4 is 0 Å². The molecule has 1 aromatic heterocycles. The molecule has 0 unspecified atom stereocenters. The van der Waals surface area contributed by atoms with E-state index < -0.39 is 0 Å². The minimum absolute atomic E-state index is 0.590. The lowest BCUT2D eigenvalue weighted by Crippen LogP contribution is -2.23. The highest BCUT2D eigenvalue weighted by Gasteiger charge is 2.14. The Morgan fingerprint density at radius 3 is 3.60 bits per heavy atom. The van der Waals surface area contributed by atoms with E-state index in [4.69, 9.17) is 4.74 Å². The molecule has 1 aliphatic rings. The van der Waals surface area contributed by atoms with E-state index >= 15 is 0 Å². The van der Waals surface area contributed by atoms with E-state index in [9.17, 15) is 0 Å². The number of hydrogen-bond donors (Lipinski definition) is 0. The third-order valence-corrected chi connectivity index (χ3v) is 1.68. The number of rotatable bonds is 0. The summed E-state index contributed by atoms with van der Waals surface area (Å²) in [5.74, 6) is 1.49. The van der Waals surface area contributed by atoms with Gasteiger partial charge in [-0.05, 0) is 0 Å². The summed E-state index contributed by atoms with van der Waals surface area (Å²) in [6.45, 7) is 3.97. The largest absolute Gasteiger partial charge is 0.477 e. The summed E-state index contributed by atoms with van der Waals surface area (Å²) in [4.78, 5) is 0. The lowest BCUT2D eigenvalue weighted by molar-refractivity contribution is 0.175. The number of aromatic nitrogens is 2. The average Bonchev–Trinajstić information content (AvgIpc) is 2.33. The molecule has 0 bridgehead atoms. The van der Waals surface area contributed by atoms with Crippen LogP contribution >= 0.6 is 0 Å². The second-order valence-electron chi connectivity index (χ2n) is 2.77. The fourth-order valence-electron chi connectivity index (χ4n) is 1.16. The lowest BCUT2D eigenvalue weighted by Gasteiger charge is -2.20. The first-order chi connectivity index (χ1) is 4.86. The van der Waals surface area contributed by atoms with Gasteiger partial charge in [-0.15, -0.1) is 0 Å². The van der Waals surface area contributed by atoms with Gasteiger partial charge in [0.1, 0.15) is 0 Å². The van der Waals surface area contributed by atoms with Crippen molar-refractivity contribution in [1.82, 2.24) is 9.78 Å². The van der Waals surface area contributed by atoms with Crippen LogP contribution in [-0.2, 0) is 6.54 Å². The average molecular weight is 138 g/mol. The van der Waals surface area contributed by atoms with Crippen LogP contribution in [0.2, 0.25) is 0 Å². The Balaban J connectivity index is 2.30. The van der Waals surface area contributed by atoms with Gasteiger partial charge in [-0.3, -0.25) is 0 Å². The third-order valence-electron chi connectivity index (χ3n) is 1.68. The van der Waals surface area contributed by atoms with Crippen LogP contribution in [0.1, 0.15) is 6.92 Å². The maximum absolute atomic E-state index is 5.38. The highest BCUT2D eigenvalue weighted by Crippen LogP contribution is 2.17. The molecule has 0 radical (unpaired) electrons. The van der Waals surface area contributed by atoms with Crippen molar-refractivity contribution in [1.29, 1.82) is 0 Å². The van der Waals surface area contributed by atoms with Crippen molar-refractivity contribution in [3.63, 3.8) is 0 Å². The predicted molar refractivity (Wildman–Crippen MR) is 36.9 cm³/mol. The minimum atomic E-state index is 0.590. The van der Waals surface area contributed by atoms with Crippen LogP contribution in [0.15, 0.2) is 12.3 Å². The summed E-state index contributed by atoms with van der Waals surface area (Å²) < 4.78 is 7.27. The van der Waals surface area contributed by atoms with E-state index in [1.165, 1.54) is 0 Å². The molecule has 0 N–H and O–H groups in total. The molecule has 1 aliphatic heterocycles. The summed E-state index contributed by atoms with van der Waals surface area (Å²) in [5, 5.41) is 4.10. The number of fused-ring (bicyclic) bond motifs is 1. The highest BCUT2D eigenvalue weighted by atomic mass is 16.5. The summed E-state index contributed by atoms with van der Waals surface area (Å²) in [7, 11) is 0. The number of nitrogens with zero attached hydrogens (tertiary/aromatic N) is 2. The van der Waals surface area contributed by atoms with Crippen LogP contribution in [0.5, 0.6) is 5.88 Å². The van der Waals surface area contributed by atoms with Crippen molar-refractivity contribution < 1.29 is 4.74 Å².